The average Bonchev–Trinajstić information content (AvgIpc) is 1.38. The Balaban J connectivity index is 2.85. The Kier molecular flexibility index (Phi) is 2.51. The maximum Gasteiger partial charge on any atom is 0.233 e. The second kappa shape index (κ2) is 2.42. The molecule has 3 heteroatoms. The predicted molar refractivity (Wildman–Crippen MR) is 23.3 cm³/mol. The molecule has 29 valence electrons. The monoisotopic (exact) mass is 109 g/mol. The zero-order valence-electron chi connectivity index (χ0n) is 2.40. The number of alkyl halides is 1. The van der Waals surface area contributed by atoms with Crippen LogP contribution in [0, 0.1) is 0 Å². The third-order valence-corrected chi connectivity index (χ3v) is 0.655. The van der Waals surface area contributed by atoms with Crippen LogP contribution in [0.15, 0.2) is 0 Å². The summed E-state index contributed by atoms with van der Waals surface area (Å²) in [5.74, 6) is -0.0463. The van der Waals surface area contributed by atoms with Crippen molar-refractivity contribution in [1.82, 2.24) is 0 Å². The van der Waals surface area contributed by atoms with Crippen molar-refractivity contribution in [3.8, 4) is 0 Å². The van der Waals surface area contributed by atoms with Crippen LogP contribution in [-0.2, 0) is 4.79 Å². The largest absolute Gasteiger partial charge is 0.281 e. The minimum Gasteiger partial charge on any atom is -0.281 e. The summed E-state index contributed by atoms with van der Waals surface area (Å²) < 4.78 is 0. The van der Waals surface area contributed by atoms with E-state index in [1.165, 1.54) is 0 Å². The Morgan fingerprint density at radius 2 is 2.20 bits per heavy atom. The summed E-state index contributed by atoms with van der Waals surface area (Å²) in [6.07, 6.45) is 0. The van der Waals surface area contributed by atoms with Crippen molar-refractivity contribution in [2.45, 2.75) is 0 Å². The Morgan fingerprint density at radius 3 is 2.20 bits per heavy atom. The summed E-state index contributed by atoms with van der Waals surface area (Å²) in [6.45, 7) is 0. The molecule has 0 amide bonds. The molecule has 0 atom stereocenters. The van der Waals surface area contributed by atoms with Crippen LogP contribution in [0.25, 0.3) is 0 Å². The summed E-state index contributed by atoms with van der Waals surface area (Å²) in [6, 6.07) is 0. The molecule has 0 aromatic carbocycles. The number of rotatable bonds is 1. The Bertz CT molecular complexity index is 44.9. The summed E-state index contributed by atoms with van der Waals surface area (Å²) in [5.41, 5.74) is 0. The first kappa shape index (κ1) is 5.18. The van der Waals surface area contributed by atoms with Gasteiger partial charge in [0, 0.05) is 0 Å². The third kappa shape index (κ3) is 4.18. The molecule has 0 spiro atoms. The van der Waals surface area contributed by atoms with E-state index in [2.05, 4.69) is 12.6 Å². The van der Waals surface area contributed by atoms with E-state index in [-0.39, 0.29) is 5.88 Å². The lowest BCUT2D eigenvalue weighted by Gasteiger charge is -1.65. The lowest BCUT2D eigenvalue weighted by atomic mass is 10.9. The van der Waals surface area contributed by atoms with E-state index in [9.17, 15) is 4.79 Å². The molecule has 0 saturated carbocycles. The van der Waals surface area contributed by atoms with Gasteiger partial charge in [0.1, 0.15) is 0 Å². The Labute approximate surface area is 40.7 Å². The van der Waals surface area contributed by atoms with Gasteiger partial charge in [-0.3, -0.25) is 4.79 Å². The van der Waals surface area contributed by atoms with Crippen LogP contribution in [0.2, 0.25) is 0 Å². The lowest BCUT2D eigenvalue weighted by Crippen LogP contribution is -1.81. The van der Waals surface area contributed by atoms with Gasteiger partial charge in [-0.15, -0.1) is 11.6 Å². The van der Waals surface area contributed by atoms with Crippen LogP contribution in [0.4, 0.5) is 0 Å². The van der Waals surface area contributed by atoms with Gasteiger partial charge < -0.3 is 0 Å². The summed E-state index contributed by atoms with van der Waals surface area (Å²) in [5, 5.41) is -0.397. The second-order valence-corrected chi connectivity index (χ2v) is 1.23. The Morgan fingerprint density at radius 1 is 2.00 bits per heavy atom. The van der Waals surface area contributed by atoms with Crippen LogP contribution in [0.3, 0.4) is 0 Å². The quantitative estimate of drug-likeness (QED) is 0.458. The van der Waals surface area contributed by atoms with Crippen molar-refractivity contribution in [3.05, 3.63) is 0 Å². The maximum absolute atomic E-state index is 9.50. The third-order valence-electron chi connectivity index (χ3n) is 0.109. The molecular weight excluding hydrogens is 108 g/mol. The average molecular weight is 110 g/mol. The van der Waals surface area contributed by atoms with Gasteiger partial charge >= 0.3 is 0 Å². The smallest absolute Gasteiger partial charge is 0.233 e. The van der Waals surface area contributed by atoms with Crippen LogP contribution >= 0.6 is 24.2 Å². The molecule has 0 saturated heterocycles. The van der Waals surface area contributed by atoms with Gasteiger partial charge in [-0.25, -0.2) is 0 Å². The van der Waals surface area contributed by atoms with Crippen molar-refractivity contribution >= 4 is 29.3 Å². The fraction of sp³-hybridized carbons (Fsp3) is 0.500. The van der Waals surface area contributed by atoms with Gasteiger partial charge in [-0.05, 0) is 12.6 Å². The van der Waals surface area contributed by atoms with E-state index < -0.39 is 5.12 Å². The summed E-state index contributed by atoms with van der Waals surface area (Å²) in [7, 11) is 0. The predicted octanol–water partition coefficient (Wildman–Crippen LogP) is 0.949. The van der Waals surface area contributed by atoms with Gasteiger partial charge in [0.05, 0.1) is 5.88 Å². The number of halogens is 1. The molecule has 0 unspecified atom stereocenters. The molecule has 0 aliphatic rings. The van der Waals surface area contributed by atoms with Gasteiger partial charge in [-0.1, -0.05) is 0 Å². The van der Waals surface area contributed by atoms with E-state index >= 15 is 0 Å². The molecule has 0 aliphatic heterocycles. The number of carbonyl (C=O) groups excluding carboxylic acids is 1. The molecule has 0 rings (SSSR count). The molecule has 1 radical (unpaired) electrons. The maximum atomic E-state index is 9.50. The molecule has 0 aromatic rings. The fourth-order valence-electron chi connectivity index (χ4n) is 0. The Hall–Kier alpha value is 0.180. The molecule has 1 nitrogen and oxygen atoms in total. The van der Waals surface area contributed by atoms with Crippen molar-refractivity contribution in [1.29, 1.82) is 0 Å². The van der Waals surface area contributed by atoms with E-state index in [4.69, 9.17) is 11.6 Å². The molecule has 0 heterocycles. The van der Waals surface area contributed by atoms with E-state index in [1.54, 1.807) is 0 Å². The number of hydrogen-bond acceptors (Lipinski definition) is 1. The first-order chi connectivity index (χ1) is 2.27. The standard InChI is InChI=1S/C2H2ClOS/c3-1-2(4)5/h1H2. The molecule has 0 aliphatic carbocycles. The van der Waals surface area contributed by atoms with E-state index in [0.717, 1.165) is 0 Å². The highest BCUT2D eigenvalue weighted by molar-refractivity contribution is 7.96. The second-order valence-electron chi connectivity index (χ2n) is 0.506. The molecule has 0 bridgehead atoms. The highest BCUT2D eigenvalue weighted by Gasteiger charge is 1.83. The van der Waals surface area contributed by atoms with E-state index in [0.29, 0.717) is 0 Å². The first-order valence-corrected chi connectivity index (χ1v) is 1.97. The van der Waals surface area contributed by atoms with Crippen molar-refractivity contribution in [3.63, 3.8) is 0 Å². The normalized spacial score (nSPS) is 7.40. The van der Waals surface area contributed by atoms with E-state index in [1.807, 2.05) is 0 Å². The van der Waals surface area contributed by atoms with Crippen LogP contribution < -0.4 is 0 Å². The van der Waals surface area contributed by atoms with Crippen molar-refractivity contribution in [2.24, 2.45) is 0 Å². The molecular formula is C2H2ClOS. The van der Waals surface area contributed by atoms with Gasteiger partial charge in [0.2, 0.25) is 5.12 Å². The van der Waals surface area contributed by atoms with Crippen LogP contribution in [0.5, 0.6) is 0 Å². The first-order valence-electron chi connectivity index (χ1n) is 1.03. The highest BCUT2D eigenvalue weighted by atomic mass is 35.5. The van der Waals surface area contributed by atoms with Crippen LogP contribution in [-0.4, -0.2) is 11.0 Å². The molecule has 0 N–H and O–H groups in total. The fourth-order valence-corrected chi connectivity index (χ4v) is 0. The minimum absolute atomic E-state index is 0.0463. The van der Waals surface area contributed by atoms with Gasteiger partial charge in [-0.2, -0.15) is 0 Å². The van der Waals surface area contributed by atoms with Gasteiger partial charge in [0.15, 0.2) is 0 Å². The van der Waals surface area contributed by atoms with Gasteiger partial charge in [0.25, 0.3) is 0 Å². The highest BCUT2D eigenvalue weighted by Crippen LogP contribution is 1.79. The topological polar surface area (TPSA) is 17.1 Å². The lowest BCUT2D eigenvalue weighted by molar-refractivity contribution is -0.108. The summed E-state index contributed by atoms with van der Waals surface area (Å²) in [4.78, 5) is 9.50. The zero-order chi connectivity index (χ0) is 4.28. The van der Waals surface area contributed by atoms with Crippen molar-refractivity contribution in [2.75, 3.05) is 5.88 Å². The minimum atomic E-state index is -0.397. The number of carbonyl (C=O) groups is 1. The zero-order valence-corrected chi connectivity index (χ0v) is 3.97. The molecule has 5 heavy (non-hydrogen) atoms. The van der Waals surface area contributed by atoms with Crippen LogP contribution in [0.1, 0.15) is 0 Å². The number of hydrogen-bond donors (Lipinski definition) is 0. The van der Waals surface area contributed by atoms with Crippen molar-refractivity contribution < 1.29 is 4.79 Å². The molecule has 0 aromatic heterocycles. The summed E-state index contributed by atoms with van der Waals surface area (Å²) >= 11 is 8.89. The molecule has 0 fully saturated rings. The SMILES string of the molecule is O=C([S])CCl.